The van der Waals surface area contributed by atoms with Gasteiger partial charge in [0.1, 0.15) is 11.5 Å². The molecule has 0 fully saturated rings. The molecular formula is C22H20N4O3. The summed E-state index contributed by atoms with van der Waals surface area (Å²) < 4.78 is 10.8. The van der Waals surface area contributed by atoms with Crippen LogP contribution in [0.1, 0.15) is 27.4 Å². The molecule has 7 heteroatoms. The molecule has 0 saturated heterocycles. The number of nitrogens with two attached hydrogens (primary N) is 1. The molecule has 4 aromatic rings. The van der Waals surface area contributed by atoms with Gasteiger partial charge in [0.2, 0.25) is 0 Å². The Morgan fingerprint density at radius 3 is 2.76 bits per heavy atom. The molecule has 0 radical (unpaired) electrons. The van der Waals surface area contributed by atoms with Crippen molar-refractivity contribution >= 4 is 34.6 Å². The number of nitrogens with zero attached hydrogens (tertiary/aromatic N) is 1. The first kappa shape index (κ1) is 18.4. The van der Waals surface area contributed by atoms with E-state index in [0.717, 1.165) is 16.5 Å². The van der Waals surface area contributed by atoms with Crippen molar-refractivity contribution in [1.29, 1.82) is 0 Å². The van der Waals surface area contributed by atoms with Crippen molar-refractivity contribution in [3.05, 3.63) is 77.4 Å². The van der Waals surface area contributed by atoms with Crippen molar-refractivity contribution in [3.8, 4) is 5.75 Å². The van der Waals surface area contributed by atoms with Crippen molar-refractivity contribution in [2.24, 2.45) is 0 Å². The molecular weight excluding hydrogens is 368 g/mol. The average molecular weight is 388 g/mol. The molecule has 0 unspecified atom stereocenters. The van der Waals surface area contributed by atoms with Crippen LogP contribution in [0.2, 0.25) is 0 Å². The van der Waals surface area contributed by atoms with Gasteiger partial charge in [-0.1, -0.05) is 18.2 Å². The van der Waals surface area contributed by atoms with Crippen LogP contribution in [0.4, 0.5) is 5.69 Å². The number of nitrogens with one attached hydrogen (secondary N) is 2. The summed E-state index contributed by atoms with van der Waals surface area (Å²) in [5, 5.41) is 10.9. The third-order valence-electron chi connectivity index (χ3n) is 4.53. The van der Waals surface area contributed by atoms with E-state index in [4.69, 9.17) is 14.9 Å². The maximum atomic E-state index is 12.7. The number of rotatable bonds is 6. The monoisotopic (exact) mass is 388 g/mol. The summed E-state index contributed by atoms with van der Waals surface area (Å²) in [6.07, 6.45) is 5.37. The van der Waals surface area contributed by atoms with Crippen LogP contribution in [0, 0.1) is 0 Å². The van der Waals surface area contributed by atoms with Gasteiger partial charge in [0, 0.05) is 5.69 Å². The highest BCUT2D eigenvalue weighted by Crippen LogP contribution is 2.32. The summed E-state index contributed by atoms with van der Waals surface area (Å²) in [5.74, 6) is 0.883. The lowest BCUT2D eigenvalue weighted by atomic mass is 10.1. The molecule has 1 amide bonds. The van der Waals surface area contributed by atoms with E-state index < -0.39 is 0 Å². The number of aromatic nitrogens is 2. The fourth-order valence-corrected chi connectivity index (χ4v) is 3.08. The number of nitrogen functional groups attached to an aromatic ring is 1. The highest BCUT2D eigenvalue weighted by atomic mass is 16.5. The number of hydrogen-bond acceptors (Lipinski definition) is 5. The molecule has 0 aliphatic rings. The quantitative estimate of drug-likeness (QED) is 0.435. The normalized spacial score (nSPS) is 11.2. The molecule has 29 heavy (non-hydrogen) atoms. The van der Waals surface area contributed by atoms with E-state index in [2.05, 4.69) is 15.5 Å². The third-order valence-corrected chi connectivity index (χ3v) is 4.53. The van der Waals surface area contributed by atoms with E-state index in [9.17, 15) is 4.79 Å². The zero-order valence-electron chi connectivity index (χ0n) is 15.8. The topological polar surface area (TPSA) is 106 Å². The standard InChI is InChI=1S/C22H20N4O3/c1-28-21-17(22(27)24-13-16-3-2-12-29-16)9-11-19-20(21)18(25-26-19)10-6-14-4-7-15(23)8-5-14/h2-12H,13,23H2,1H3,(H,24,27)(H,25,26). The second kappa shape index (κ2) is 7.93. The zero-order chi connectivity index (χ0) is 20.2. The van der Waals surface area contributed by atoms with Crippen molar-refractivity contribution in [2.75, 3.05) is 12.8 Å². The highest BCUT2D eigenvalue weighted by Gasteiger charge is 2.19. The van der Waals surface area contributed by atoms with Crippen LogP contribution < -0.4 is 15.8 Å². The predicted octanol–water partition coefficient (Wildman–Crippen LogP) is 3.85. The molecule has 0 spiro atoms. The Balaban J connectivity index is 1.65. The number of carbonyl (C=O) groups excluding carboxylic acids is 1. The summed E-state index contributed by atoms with van der Waals surface area (Å²) in [6, 6.07) is 14.6. The van der Waals surface area contributed by atoms with Gasteiger partial charge in [-0.15, -0.1) is 0 Å². The first-order valence-electron chi connectivity index (χ1n) is 9.05. The maximum Gasteiger partial charge on any atom is 0.255 e. The number of amides is 1. The number of H-pyrrole nitrogens is 1. The largest absolute Gasteiger partial charge is 0.495 e. The minimum Gasteiger partial charge on any atom is -0.495 e. The molecule has 0 bridgehead atoms. The Morgan fingerprint density at radius 2 is 2.03 bits per heavy atom. The fraction of sp³-hybridized carbons (Fsp3) is 0.0909. The molecule has 0 aliphatic carbocycles. The van der Waals surface area contributed by atoms with Gasteiger partial charge in [0.25, 0.3) is 5.91 Å². The molecule has 0 atom stereocenters. The minimum absolute atomic E-state index is 0.255. The zero-order valence-corrected chi connectivity index (χ0v) is 15.8. The average Bonchev–Trinajstić information content (AvgIpc) is 3.40. The van der Waals surface area contributed by atoms with Gasteiger partial charge >= 0.3 is 0 Å². The van der Waals surface area contributed by atoms with Crippen molar-refractivity contribution in [3.63, 3.8) is 0 Å². The third kappa shape index (κ3) is 3.84. The van der Waals surface area contributed by atoms with E-state index in [1.54, 1.807) is 31.6 Å². The summed E-state index contributed by atoms with van der Waals surface area (Å²) in [6.45, 7) is 0.294. The molecule has 0 saturated carbocycles. The molecule has 146 valence electrons. The molecule has 2 aromatic carbocycles. The molecule has 4 N–H and O–H groups in total. The van der Waals surface area contributed by atoms with Gasteiger partial charge in [0.05, 0.1) is 42.1 Å². The second-order valence-electron chi connectivity index (χ2n) is 6.44. The van der Waals surface area contributed by atoms with Gasteiger partial charge in [-0.25, -0.2) is 0 Å². The molecule has 7 nitrogen and oxygen atoms in total. The number of carbonyl (C=O) groups is 1. The summed E-state index contributed by atoms with van der Waals surface area (Å²) >= 11 is 0. The number of aromatic amines is 1. The lowest BCUT2D eigenvalue weighted by Crippen LogP contribution is -2.23. The molecule has 2 heterocycles. The summed E-state index contributed by atoms with van der Waals surface area (Å²) in [5.41, 5.74) is 9.30. The Bertz CT molecular complexity index is 1160. The number of methoxy groups -OCH3 is 1. The SMILES string of the molecule is COc1c(C(=O)NCc2ccco2)ccc2[nH]nc(C=Cc3ccc(N)cc3)c12. The van der Waals surface area contributed by atoms with E-state index >= 15 is 0 Å². The van der Waals surface area contributed by atoms with Gasteiger partial charge in [-0.2, -0.15) is 5.10 Å². The van der Waals surface area contributed by atoms with Crippen LogP contribution in [-0.2, 0) is 6.54 Å². The number of benzene rings is 2. The van der Waals surface area contributed by atoms with Crippen molar-refractivity contribution in [2.45, 2.75) is 6.54 Å². The lowest BCUT2D eigenvalue weighted by Gasteiger charge is -2.10. The van der Waals surface area contributed by atoms with Crippen molar-refractivity contribution in [1.82, 2.24) is 15.5 Å². The number of hydrogen-bond donors (Lipinski definition) is 3. The van der Waals surface area contributed by atoms with Gasteiger partial charge in [-0.05, 0) is 48.0 Å². The first-order chi connectivity index (χ1) is 14.2. The van der Waals surface area contributed by atoms with Gasteiger partial charge in [-0.3, -0.25) is 9.89 Å². The number of furan rings is 1. The van der Waals surface area contributed by atoms with E-state index in [-0.39, 0.29) is 5.91 Å². The first-order valence-corrected chi connectivity index (χ1v) is 9.05. The van der Waals surface area contributed by atoms with Crippen LogP contribution in [-0.4, -0.2) is 23.2 Å². The molecule has 2 aromatic heterocycles. The van der Waals surface area contributed by atoms with Crippen LogP contribution in [0.25, 0.3) is 23.1 Å². The van der Waals surface area contributed by atoms with Crippen molar-refractivity contribution < 1.29 is 13.9 Å². The van der Waals surface area contributed by atoms with Crippen LogP contribution in [0.15, 0.2) is 59.2 Å². The second-order valence-corrected chi connectivity index (χ2v) is 6.44. The van der Waals surface area contributed by atoms with Gasteiger partial charge < -0.3 is 20.2 Å². The van der Waals surface area contributed by atoms with Crippen LogP contribution in [0.3, 0.4) is 0 Å². The fourth-order valence-electron chi connectivity index (χ4n) is 3.08. The molecule has 4 rings (SSSR count). The minimum atomic E-state index is -0.255. The Hall–Kier alpha value is -4.00. The smallest absolute Gasteiger partial charge is 0.255 e. The summed E-state index contributed by atoms with van der Waals surface area (Å²) in [7, 11) is 1.54. The molecule has 0 aliphatic heterocycles. The van der Waals surface area contributed by atoms with Gasteiger partial charge in [0.15, 0.2) is 0 Å². The van der Waals surface area contributed by atoms with Crippen LogP contribution in [0.5, 0.6) is 5.75 Å². The lowest BCUT2D eigenvalue weighted by molar-refractivity contribution is 0.0945. The predicted molar refractivity (Wildman–Crippen MR) is 112 cm³/mol. The van der Waals surface area contributed by atoms with Crippen LogP contribution >= 0.6 is 0 Å². The summed E-state index contributed by atoms with van der Waals surface area (Å²) in [4.78, 5) is 12.7. The highest BCUT2D eigenvalue weighted by molar-refractivity contribution is 6.05. The number of anilines is 1. The Kier molecular flexibility index (Phi) is 5.03. The van der Waals surface area contributed by atoms with E-state index in [1.807, 2.05) is 42.5 Å². The maximum absolute atomic E-state index is 12.7. The Morgan fingerprint density at radius 1 is 1.21 bits per heavy atom. The number of fused-ring (bicyclic) bond motifs is 1. The number of ether oxygens (including phenoxy) is 1. The van der Waals surface area contributed by atoms with E-state index in [0.29, 0.717) is 35.0 Å². The Labute approximate surface area is 167 Å². The van der Waals surface area contributed by atoms with E-state index in [1.165, 1.54) is 0 Å².